The Kier molecular flexibility index (Phi) is 4.90. The van der Waals surface area contributed by atoms with E-state index < -0.39 is 5.97 Å². The van der Waals surface area contributed by atoms with Gasteiger partial charge in [0.05, 0.1) is 23.1 Å². The van der Waals surface area contributed by atoms with Crippen LogP contribution < -0.4 is 0 Å². The molecule has 5 heteroatoms. The Bertz CT molecular complexity index is 713. The molecule has 1 saturated heterocycles. The number of nitrogens with zero attached hydrogens (tertiary/aromatic N) is 3. The highest BCUT2D eigenvalue weighted by Crippen LogP contribution is 2.24. The molecule has 0 aliphatic carbocycles. The number of rotatable bonds is 5. The van der Waals surface area contributed by atoms with Crippen molar-refractivity contribution in [3.8, 4) is 11.3 Å². The van der Waals surface area contributed by atoms with Crippen molar-refractivity contribution in [2.75, 3.05) is 13.1 Å². The molecule has 1 aromatic carbocycles. The lowest BCUT2D eigenvalue weighted by molar-refractivity contribution is 0.0697. The lowest BCUT2D eigenvalue weighted by Crippen LogP contribution is -2.28. The Labute approximate surface area is 142 Å². The van der Waals surface area contributed by atoms with Gasteiger partial charge in [-0.1, -0.05) is 18.2 Å². The standard InChI is InChI=1S/C19H23N3O2/c1-13(2)22-8-7-14(12-22)9-15-10-21-18(11-20-15)16-5-3-4-6-17(16)19(23)24/h3-6,10-11,13-14H,7-9,12H2,1-2H3,(H,23,24)/t14-/m0/s1. The molecule has 0 spiro atoms. The Morgan fingerprint density at radius 1 is 1.29 bits per heavy atom. The van der Waals surface area contributed by atoms with E-state index in [1.54, 1.807) is 30.6 Å². The molecular weight excluding hydrogens is 302 g/mol. The van der Waals surface area contributed by atoms with Crippen molar-refractivity contribution in [1.82, 2.24) is 14.9 Å². The van der Waals surface area contributed by atoms with Crippen LogP contribution >= 0.6 is 0 Å². The number of hydrogen-bond acceptors (Lipinski definition) is 4. The zero-order valence-electron chi connectivity index (χ0n) is 14.1. The molecule has 2 heterocycles. The molecule has 1 N–H and O–H groups in total. The fourth-order valence-electron chi connectivity index (χ4n) is 3.29. The number of carbonyl (C=O) groups is 1. The second-order valence-corrected chi connectivity index (χ2v) is 6.69. The van der Waals surface area contributed by atoms with Crippen molar-refractivity contribution in [2.45, 2.75) is 32.7 Å². The summed E-state index contributed by atoms with van der Waals surface area (Å²) >= 11 is 0. The molecule has 126 valence electrons. The lowest BCUT2D eigenvalue weighted by Gasteiger charge is -2.20. The van der Waals surface area contributed by atoms with Crippen LogP contribution in [0.2, 0.25) is 0 Å². The molecule has 0 unspecified atom stereocenters. The molecule has 0 amide bonds. The summed E-state index contributed by atoms with van der Waals surface area (Å²) in [6.45, 7) is 6.73. The van der Waals surface area contributed by atoms with Crippen LogP contribution in [-0.2, 0) is 6.42 Å². The highest BCUT2D eigenvalue weighted by Gasteiger charge is 2.24. The maximum Gasteiger partial charge on any atom is 0.336 e. The second kappa shape index (κ2) is 7.09. The topological polar surface area (TPSA) is 66.3 Å². The van der Waals surface area contributed by atoms with Gasteiger partial charge in [0, 0.05) is 24.3 Å². The molecule has 24 heavy (non-hydrogen) atoms. The quantitative estimate of drug-likeness (QED) is 0.915. The molecule has 1 aliphatic rings. The van der Waals surface area contributed by atoms with Crippen LogP contribution in [0.15, 0.2) is 36.7 Å². The summed E-state index contributed by atoms with van der Waals surface area (Å²) in [5.41, 5.74) is 2.44. The van der Waals surface area contributed by atoms with E-state index in [1.807, 2.05) is 6.07 Å². The minimum Gasteiger partial charge on any atom is -0.478 e. The SMILES string of the molecule is CC(C)N1CC[C@@H](Cc2cnc(-c3ccccc3C(=O)O)cn2)C1. The zero-order chi connectivity index (χ0) is 17.1. The van der Waals surface area contributed by atoms with Crippen LogP contribution in [0.4, 0.5) is 0 Å². The average Bonchev–Trinajstić information content (AvgIpc) is 3.04. The zero-order valence-corrected chi connectivity index (χ0v) is 14.1. The Hall–Kier alpha value is -2.27. The van der Waals surface area contributed by atoms with Gasteiger partial charge in [0.1, 0.15) is 0 Å². The predicted octanol–water partition coefficient (Wildman–Crippen LogP) is 3.11. The molecule has 0 saturated carbocycles. The van der Waals surface area contributed by atoms with Gasteiger partial charge in [-0.2, -0.15) is 0 Å². The van der Waals surface area contributed by atoms with E-state index in [0.29, 0.717) is 23.2 Å². The first-order valence-electron chi connectivity index (χ1n) is 8.42. The van der Waals surface area contributed by atoms with Crippen LogP contribution in [-0.4, -0.2) is 45.1 Å². The molecule has 0 bridgehead atoms. The van der Waals surface area contributed by atoms with Crippen LogP contribution in [0.1, 0.15) is 36.3 Å². The summed E-state index contributed by atoms with van der Waals surface area (Å²) in [5.74, 6) is -0.324. The van der Waals surface area contributed by atoms with Crippen LogP contribution in [0.5, 0.6) is 0 Å². The van der Waals surface area contributed by atoms with Gasteiger partial charge in [0.25, 0.3) is 0 Å². The fourth-order valence-corrected chi connectivity index (χ4v) is 3.29. The van der Waals surface area contributed by atoms with Crippen molar-refractivity contribution in [3.63, 3.8) is 0 Å². The minimum atomic E-state index is -0.948. The average molecular weight is 325 g/mol. The maximum atomic E-state index is 11.3. The van der Waals surface area contributed by atoms with Crippen molar-refractivity contribution in [1.29, 1.82) is 0 Å². The third-order valence-electron chi connectivity index (χ3n) is 4.68. The molecule has 1 aliphatic heterocycles. The number of carboxylic acids is 1. The summed E-state index contributed by atoms with van der Waals surface area (Å²) in [6.07, 6.45) is 5.60. The van der Waals surface area contributed by atoms with Crippen molar-refractivity contribution in [2.24, 2.45) is 5.92 Å². The van der Waals surface area contributed by atoms with E-state index in [2.05, 4.69) is 28.7 Å². The second-order valence-electron chi connectivity index (χ2n) is 6.69. The largest absolute Gasteiger partial charge is 0.478 e. The van der Waals surface area contributed by atoms with Gasteiger partial charge in [-0.05, 0) is 45.2 Å². The third-order valence-corrected chi connectivity index (χ3v) is 4.68. The summed E-state index contributed by atoms with van der Waals surface area (Å²) in [7, 11) is 0. The first-order valence-corrected chi connectivity index (χ1v) is 8.42. The number of likely N-dealkylation sites (tertiary alicyclic amines) is 1. The highest BCUT2D eigenvalue weighted by atomic mass is 16.4. The molecule has 1 atom stereocenters. The summed E-state index contributed by atoms with van der Waals surface area (Å²) in [4.78, 5) is 22.8. The van der Waals surface area contributed by atoms with Gasteiger partial charge >= 0.3 is 5.97 Å². The summed E-state index contributed by atoms with van der Waals surface area (Å²) < 4.78 is 0. The Balaban J connectivity index is 1.72. The number of aromatic nitrogens is 2. The van der Waals surface area contributed by atoms with E-state index in [-0.39, 0.29) is 5.56 Å². The number of aromatic carboxylic acids is 1. The first-order chi connectivity index (χ1) is 11.5. The first kappa shape index (κ1) is 16.6. The van der Waals surface area contributed by atoms with Crippen molar-refractivity contribution in [3.05, 3.63) is 47.9 Å². The van der Waals surface area contributed by atoms with Crippen LogP contribution in [0.25, 0.3) is 11.3 Å². The van der Waals surface area contributed by atoms with Gasteiger partial charge in [-0.15, -0.1) is 0 Å². The molecule has 5 nitrogen and oxygen atoms in total. The smallest absolute Gasteiger partial charge is 0.336 e. The van der Waals surface area contributed by atoms with E-state index in [1.165, 1.54) is 6.42 Å². The van der Waals surface area contributed by atoms with Gasteiger partial charge in [-0.3, -0.25) is 9.97 Å². The minimum absolute atomic E-state index is 0.253. The van der Waals surface area contributed by atoms with E-state index in [4.69, 9.17) is 0 Å². The van der Waals surface area contributed by atoms with Gasteiger partial charge < -0.3 is 10.0 Å². The molecule has 2 aromatic rings. The normalized spacial score (nSPS) is 18.2. The fraction of sp³-hybridized carbons (Fsp3) is 0.421. The Morgan fingerprint density at radius 3 is 2.71 bits per heavy atom. The van der Waals surface area contributed by atoms with E-state index in [9.17, 15) is 9.90 Å². The number of benzene rings is 1. The lowest BCUT2D eigenvalue weighted by atomic mass is 10.0. The summed E-state index contributed by atoms with van der Waals surface area (Å²) in [6, 6.07) is 7.48. The van der Waals surface area contributed by atoms with Gasteiger partial charge in [0.2, 0.25) is 0 Å². The molecule has 0 radical (unpaired) electrons. The van der Waals surface area contributed by atoms with Crippen molar-refractivity contribution >= 4 is 5.97 Å². The maximum absolute atomic E-state index is 11.3. The molecule has 1 fully saturated rings. The molecule has 3 rings (SSSR count). The van der Waals surface area contributed by atoms with Gasteiger partial charge in [-0.25, -0.2) is 4.79 Å². The third kappa shape index (κ3) is 3.62. The predicted molar refractivity (Wildman–Crippen MR) is 92.9 cm³/mol. The van der Waals surface area contributed by atoms with Gasteiger partial charge in [0.15, 0.2) is 0 Å². The Morgan fingerprint density at radius 2 is 2.08 bits per heavy atom. The monoisotopic (exact) mass is 325 g/mol. The van der Waals surface area contributed by atoms with E-state index in [0.717, 1.165) is 25.2 Å². The number of hydrogen-bond donors (Lipinski definition) is 1. The molecular formula is C19H23N3O2. The van der Waals surface area contributed by atoms with E-state index >= 15 is 0 Å². The summed E-state index contributed by atoms with van der Waals surface area (Å²) in [5, 5.41) is 9.29. The molecule has 1 aromatic heterocycles. The number of carboxylic acid groups (broad SMARTS) is 1. The van der Waals surface area contributed by atoms with Crippen LogP contribution in [0, 0.1) is 5.92 Å². The van der Waals surface area contributed by atoms with Crippen LogP contribution in [0.3, 0.4) is 0 Å². The van der Waals surface area contributed by atoms with Crippen molar-refractivity contribution < 1.29 is 9.90 Å². The highest BCUT2D eigenvalue weighted by molar-refractivity contribution is 5.95.